The number of halogens is 2. The molecule has 0 unspecified atom stereocenters. The van der Waals surface area contributed by atoms with Crippen LogP contribution >= 0.6 is 31.9 Å². The predicted octanol–water partition coefficient (Wildman–Crippen LogP) is 5.21. The van der Waals surface area contributed by atoms with Crippen LogP contribution in [0.3, 0.4) is 0 Å². The van der Waals surface area contributed by atoms with Crippen LogP contribution in [-0.4, -0.2) is 5.78 Å². The number of hydrogen-bond donors (Lipinski definition) is 0. The molecule has 0 N–H and O–H groups in total. The second-order valence-corrected chi connectivity index (χ2v) is 5.58. The Kier molecular flexibility index (Phi) is 4.19. The van der Waals surface area contributed by atoms with E-state index in [9.17, 15) is 4.79 Å². The van der Waals surface area contributed by atoms with E-state index in [0.717, 1.165) is 8.95 Å². The lowest BCUT2D eigenvalue weighted by Gasteiger charge is -2.10. The zero-order chi connectivity index (χ0) is 13.1. The first kappa shape index (κ1) is 13.3. The van der Waals surface area contributed by atoms with Gasteiger partial charge >= 0.3 is 0 Å². The zero-order valence-corrected chi connectivity index (χ0v) is 12.8. The Labute approximate surface area is 122 Å². The van der Waals surface area contributed by atoms with Crippen molar-refractivity contribution >= 4 is 37.6 Å². The molecule has 0 bridgehead atoms. The van der Waals surface area contributed by atoms with Crippen LogP contribution in [0.5, 0.6) is 11.5 Å². The number of carbonyl (C=O) groups is 1. The number of ketones is 1. The third kappa shape index (κ3) is 3.21. The van der Waals surface area contributed by atoms with Crippen LogP contribution in [0.1, 0.15) is 17.3 Å². The molecule has 2 aromatic carbocycles. The fourth-order valence-electron chi connectivity index (χ4n) is 1.50. The first-order valence-electron chi connectivity index (χ1n) is 5.30. The van der Waals surface area contributed by atoms with Crippen molar-refractivity contribution in [3.63, 3.8) is 0 Å². The quantitative estimate of drug-likeness (QED) is 0.694. The van der Waals surface area contributed by atoms with Crippen molar-refractivity contribution in [2.75, 3.05) is 0 Å². The molecule has 4 heteroatoms. The Hall–Kier alpha value is -1.13. The minimum atomic E-state index is -0.0189. The fourth-order valence-corrected chi connectivity index (χ4v) is 2.11. The van der Waals surface area contributed by atoms with Crippen LogP contribution < -0.4 is 4.74 Å². The molecular formula is C14H10Br2O2. The highest BCUT2D eigenvalue weighted by atomic mass is 79.9. The van der Waals surface area contributed by atoms with E-state index in [1.54, 1.807) is 12.1 Å². The van der Waals surface area contributed by atoms with Gasteiger partial charge in [-0.3, -0.25) is 4.79 Å². The van der Waals surface area contributed by atoms with Crippen molar-refractivity contribution in [1.82, 2.24) is 0 Å². The average Bonchev–Trinajstić information content (AvgIpc) is 2.32. The molecule has 2 nitrogen and oxygen atoms in total. The molecule has 0 fully saturated rings. The lowest BCUT2D eigenvalue weighted by Crippen LogP contribution is -1.96. The third-order valence-electron chi connectivity index (χ3n) is 2.36. The molecule has 0 heterocycles. The van der Waals surface area contributed by atoms with Crippen LogP contribution in [0.25, 0.3) is 0 Å². The van der Waals surface area contributed by atoms with Crippen molar-refractivity contribution in [2.24, 2.45) is 0 Å². The normalized spacial score (nSPS) is 10.2. The molecule has 0 aliphatic carbocycles. The summed E-state index contributed by atoms with van der Waals surface area (Å²) in [4.78, 5) is 11.5. The van der Waals surface area contributed by atoms with Gasteiger partial charge in [0.25, 0.3) is 0 Å². The summed E-state index contributed by atoms with van der Waals surface area (Å²) in [6, 6.07) is 12.8. The van der Waals surface area contributed by atoms with E-state index < -0.39 is 0 Å². The SMILES string of the molecule is CC(=O)c1ccc(Br)cc1Oc1ccc(Br)cc1. The molecule has 2 aromatic rings. The molecule has 0 aliphatic heterocycles. The summed E-state index contributed by atoms with van der Waals surface area (Å²) >= 11 is 6.73. The number of carbonyl (C=O) groups excluding carboxylic acids is 1. The lowest BCUT2D eigenvalue weighted by atomic mass is 10.1. The van der Waals surface area contributed by atoms with Gasteiger partial charge in [0.05, 0.1) is 5.56 Å². The van der Waals surface area contributed by atoms with Gasteiger partial charge in [-0.2, -0.15) is 0 Å². The van der Waals surface area contributed by atoms with Gasteiger partial charge in [0.15, 0.2) is 5.78 Å². The zero-order valence-electron chi connectivity index (χ0n) is 9.61. The summed E-state index contributed by atoms with van der Waals surface area (Å²) in [5, 5.41) is 0. The van der Waals surface area contributed by atoms with Crippen molar-refractivity contribution in [3.8, 4) is 11.5 Å². The molecule has 0 amide bonds. The first-order chi connectivity index (χ1) is 8.56. The second-order valence-electron chi connectivity index (χ2n) is 3.75. The van der Waals surface area contributed by atoms with E-state index >= 15 is 0 Å². The Bertz CT molecular complexity index is 577. The molecular weight excluding hydrogens is 360 g/mol. The highest BCUT2D eigenvalue weighted by Crippen LogP contribution is 2.29. The van der Waals surface area contributed by atoms with Crippen LogP contribution in [0.2, 0.25) is 0 Å². The summed E-state index contributed by atoms with van der Waals surface area (Å²) in [7, 11) is 0. The van der Waals surface area contributed by atoms with E-state index in [1.165, 1.54) is 6.92 Å². The first-order valence-corrected chi connectivity index (χ1v) is 6.89. The van der Waals surface area contributed by atoms with Crippen LogP contribution in [0.15, 0.2) is 51.4 Å². The number of rotatable bonds is 3. The lowest BCUT2D eigenvalue weighted by molar-refractivity contribution is 0.101. The largest absolute Gasteiger partial charge is 0.457 e. The van der Waals surface area contributed by atoms with Crippen molar-refractivity contribution < 1.29 is 9.53 Å². The molecule has 92 valence electrons. The topological polar surface area (TPSA) is 26.3 Å². The standard InChI is InChI=1S/C14H10Br2O2/c1-9(17)13-7-4-11(16)8-14(13)18-12-5-2-10(15)3-6-12/h2-8H,1H3. The van der Waals surface area contributed by atoms with Gasteiger partial charge in [0, 0.05) is 8.95 Å². The molecule has 0 aromatic heterocycles. The summed E-state index contributed by atoms with van der Waals surface area (Å²) in [6.07, 6.45) is 0. The maximum Gasteiger partial charge on any atom is 0.163 e. The number of hydrogen-bond acceptors (Lipinski definition) is 2. The van der Waals surface area contributed by atoms with E-state index in [4.69, 9.17) is 4.74 Å². The summed E-state index contributed by atoms with van der Waals surface area (Å²) in [5.74, 6) is 1.23. The van der Waals surface area contributed by atoms with Crippen LogP contribution in [-0.2, 0) is 0 Å². The van der Waals surface area contributed by atoms with E-state index in [-0.39, 0.29) is 5.78 Å². The Morgan fingerprint density at radius 3 is 2.22 bits per heavy atom. The molecule has 2 rings (SSSR count). The highest BCUT2D eigenvalue weighted by molar-refractivity contribution is 9.10. The monoisotopic (exact) mass is 368 g/mol. The number of ether oxygens (including phenoxy) is 1. The van der Waals surface area contributed by atoms with Crippen LogP contribution in [0.4, 0.5) is 0 Å². The molecule has 18 heavy (non-hydrogen) atoms. The molecule has 0 atom stereocenters. The van der Waals surface area contributed by atoms with Crippen LogP contribution in [0, 0.1) is 0 Å². The molecule has 0 saturated carbocycles. The summed E-state index contributed by atoms with van der Waals surface area (Å²) in [6.45, 7) is 1.53. The number of benzene rings is 2. The minimum Gasteiger partial charge on any atom is -0.457 e. The fraction of sp³-hybridized carbons (Fsp3) is 0.0714. The van der Waals surface area contributed by atoms with Gasteiger partial charge in [0.1, 0.15) is 11.5 Å². The Balaban J connectivity index is 2.35. The van der Waals surface area contributed by atoms with Crippen molar-refractivity contribution in [2.45, 2.75) is 6.92 Å². The van der Waals surface area contributed by atoms with E-state index in [0.29, 0.717) is 17.1 Å². The summed E-state index contributed by atoms with van der Waals surface area (Å²) < 4.78 is 7.59. The molecule has 0 saturated heterocycles. The van der Waals surface area contributed by atoms with Gasteiger partial charge in [0.2, 0.25) is 0 Å². The van der Waals surface area contributed by atoms with Crippen molar-refractivity contribution in [1.29, 1.82) is 0 Å². The second kappa shape index (κ2) is 5.67. The molecule has 0 aliphatic rings. The third-order valence-corrected chi connectivity index (χ3v) is 3.39. The van der Waals surface area contributed by atoms with Gasteiger partial charge in [-0.1, -0.05) is 31.9 Å². The maximum absolute atomic E-state index is 11.5. The predicted molar refractivity (Wildman–Crippen MR) is 78.4 cm³/mol. The van der Waals surface area contributed by atoms with Gasteiger partial charge in [-0.05, 0) is 49.4 Å². The smallest absolute Gasteiger partial charge is 0.163 e. The van der Waals surface area contributed by atoms with Gasteiger partial charge < -0.3 is 4.74 Å². The van der Waals surface area contributed by atoms with E-state index in [1.807, 2.05) is 30.3 Å². The maximum atomic E-state index is 11.5. The van der Waals surface area contributed by atoms with Gasteiger partial charge in [-0.15, -0.1) is 0 Å². The Morgan fingerprint density at radius 1 is 1.00 bits per heavy atom. The molecule has 0 radical (unpaired) electrons. The molecule has 0 spiro atoms. The average molecular weight is 370 g/mol. The van der Waals surface area contributed by atoms with E-state index in [2.05, 4.69) is 31.9 Å². The Morgan fingerprint density at radius 2 is 1.61 bits per heavy atom. The highest BCUT2D eigenvalue weighted by Gasteiger charge is 2.09. The number of Topliss-reactive ketones (excluding diaryl/α,β-unsaturated/α-hetero) is 1. The summed E-state index contributed by atoms with van der Waals surface area (Å²) in [5.41, 5.74) is 0.570. The van der Waals surface area contributed by atoms with Crippen molar-refractivity contribution in [3.05, 3.63) is 57.0 Å². The van der Waals surface area contributed by atoms with Gasteiger partial charge in [-0.25, -0.2) is 0 Å². The minimum absolute atomic E-state index is 0.0189.